The van der Waals surface area contributed by atoms with Gasteiger partial charge in [-0.2, -0.15) is 0 Å². The first-order valence-corrected chi connectivity index (χ1v) is 6.87. The second-order valence-electron chi connectivity index (χ2n) is 5.22. The Bertz CT molecular complexity index is 460. The van der Waals surface area contributed by atoms with Gasteiger partial charge in [0.1, 0.15) is 17.2 Å². The molecule has 1 aliphatic heterocycles. The van der Waals surface area contributed by atoms with Crippen LogP contribution in [0.2, 0.25) is 0 Å². The lowest BCUT2D eigenvalue weighted by Crippen LogP contribution is -2.37. The van der Waals surface area contributed by atoms with Crippen molar-refractivity contribution >= 4 is 0 Å². The first-order valence-electron chi connectivity index (χ1n) is 6.87. The molecule has 6 heteroatoms. The Morgan fingerprint density at radius 1 is 1.24 bits per heavy atom. The van der Waals surface area contributed by atoms with E-state index in [2.05, 4.69) is 0 Å². The van der Waals surface area contributed by atoms with Gasteiger partial charge in [-0.05, 0) is 6.42 Å². The van der Waals surface area contributed by atoms with Gasteiger partial charge in [0.05, 0.1) is 39.6 Å². The third kappa shape index (κ3) is 2.79. The maximum Gasteiger partial charge on any atom is 0.132 e. The van der Waals surface area contributed by atoms with Crippen molar-refractivity contribution in [3.63, 3.8) is 0 Å². The molecule has 0 radical (unpaired) electrons. The van der Waals surface area contributed by atoms with Crippen LogP contribution >= 0.6 is 0 Å². The Hall–Kier alpha value is -1.50. The van der Waals surface area contributed by atoms with E-state index in [-0.39, 0.29) is 0 Å². The maximum atomic E-state index is 10.9. The number of rotatable bonds is 6. The monoisotopic (exact) mass is 297 g/mol. The highest BCUT2D eigenvalue weighted by atomic mass is 16.5. The molecule has 2 atom stereocenters. The maximum absolute atomic E-state index is 10.9. The van der Waals surface area contributed by atoms with Crippen LogP contribution in [0.15, 0.2) is 12.1 Å². The Balaban J connectivity index is 2.50. The molecule has 6 nitrogen and oxygen atoms in total. The topological polar surface area (TPSA) is 83.2 Å². The van der Waals surface area contributed by atoms with Gasteiger partial charge in [-0.15, -0.1) is 0 Å². The summed E-state index contributed by atoms with van der Waals surface area (Å²) >= 11 is 0. The normalized spacial score (nSPS) is 22.9. The highest BCUT2D eigenvalue weighted by Gasteiger charge is 2.43. The summed E-state index contributed by atoms with van der Waals surface area (Å²) in [6.07, 6.45) is -0.135. The number of nitrogens with two attached hydrogens (primary N) is 1. The predicted octanol–water partition coefficient (Wildman–Crippen LogP) is 1.11. The van der Waals surface area contributed by atoms with E-state index in [0.717, 1.165) is 0 Å². The Morgan fingerprint density at radius 3 is 2.24 bits per heavy atom. The van der Waals surface area contributed by atoms with Crippen molar-refractivity contribution in [2.75, 3.05) is 41.1 Å². The van der Waals surface area contributed by atoms with E-state index in [9.17, 15) is 5.11 Å². The number of hydrogen-bond donors (Lipinski definition) is 2. The van der Waals surface area contributed by atoms with E-state index in [1.54, 1.807) is 33.5 Å². The van der Waals surface area contributed by atoms with Gasteiger partial charge in [0.25, 0.3) is 0 Å². The van der Waals surface area contributed by atoms with Gasteiger partial charge >= 0.3 is 0 Å². The highest BCUT2D eigenvalue weighted by Crippen LogP contribution is 2.47. The van der Waals surface area contributed by atoms with E-state index < -0.39 is 11.5 Å². The second-order valence-corrected chi connectivity index (χ2v) is 5.22. The lowest BCUT2D eigenvalue weighted by atomic mass is 9.77. The van der Waals surface area contributed by atoms with Gasteiger partial charge in [-0.1, -0.05) is 0 Å². The minimum atomic E-state index is -0.833. The first-order chi connectivity index (χ1) is 10.1. The summed E-state index contributed by atoms with van der Waals surface area (Å²) in [6.45, 7) is 1.34. The van der Waals surface area contributed by atoms with E-state index >= 15 is 0 Å². The zero-order valence-electron chi connectivity index (χ0n) is 12.7. The van der Waals surface area contributed by atoms with Crippen molar-refractivity contribution in [1.29, 1.82) is 0 Å². The number of hydrogen-bond acceptors (Lipinski definition) is 6. The zero-order chi connectivity index (χ0) is 15.5. The summed E-state index contributed by atoms with van der Waals surface area (Å²) in [5.41, 5.74) is 5.96. The minimum absolute atomic E-state index is 0.326. The molecule has 1 aromatic rings. The van der Waals surface area contributed by atoms with Crippen molar-refractivity contribution in [3.05, 3.63) is 17.7 Å². The molecule has 1 saturated heterocycles. The third-order valence-corrected chi connectivity index (χ3v) is 4.15. The zero-order valence-corrected chi connectivity index (χ0v) is 12.7. The van der Waals surface area contributed by atoms with Crippen LogP contribution in [0, 0.1) is 5.41 Å². The van der Waals surface area contributed by atoms with Crippen LogP contribution in [-0.4, -0.2) is 46.2 Å². The largest absolute Gasteiger partial charge is 0.496 e. The summed E-state index contributed by atoms with van der Waals surface area (Å²) < 4.78 is 21.5. The van der Waals surface area contributed by atoms with Crippen LogP contribution in [0.5, 0.6) is 17.2 Å². The van der Waals surface area contributed by atoms with Gasteiger partial charge in [-0.25, -0.2) is 0 Å². The molecule has 1 aromatic carbocycles. The average Bonchev–Trinajstić information content (AvgIpc) is 3.02. The molecule has 3 N–H and O–H groups in total. The summed E-state index contributed by atoms with van der Waals surface area (Å²) in [4.78, 5) is 0. The van der Waals surface area contributed by atoms with Gasteiger partial charge in [0.2, 0.25) is 0 Å². The quantitative estimate of drug-likeness (QED) is 0.818. The predicted molar refractivity (Wildman–Crippen MR) is 78.0 cm³/mol. The van der Waals surface area contributed by atoms with Crippen molar-refractivity contribution in [2.45, 2.75) is 12.5 Å². The van der Waals surface area contributed by atoms with Crippen molar-refractivity contribution in [3.8, 4) is 17.2 Å². The van der Waals surface area contributed by atoms with Crippen LogP contribution in [0.1, 0.15) is 18.1 Å². The van der Waals surface area contributed by atoms with Crippen LogP contribution in [0.4, 0.5) is 0 Å². The van der Waals surface area contributed by atoms with Crippen molar-refractivity contribution in [1.82, 2.24) is 0 Å². The summed E-state index contributed by atoms with van der Waals surface area (Å²) in [7, 11) is 4.66. The van der Waals surface area contributed by atoms with Crippen LogP contribution < -0.4 is 19.9 Å². The lowest BCUT2D eigenvalue weighted by Gasteiger charge is -2.33. The molecule has 1 fully saturated rings. The van der Waals surface area contributed by atoms with Gasteiger partial charge in [0.15, 0.2) is 0 Å². The number of ether oxygens (including phenoxy) is 4. The summed E-state index contributed by atoms with van der Waals surface area (Å²) in [5, 5.41) is 10.9. The fourth-order valence-electron chi connectivity index (χ4n) is 2.72. The Kier molecular flexibility index (Phi) is 4.92. The molecule has 0 bridgehead atoms. The smallest absolute Gasteiger partial charge is 0.132 e. The van der Waals surface area contributed by atoms with Gasteiger partial charge in [-0.3, -0.25) is 0 Å². The number of methoxy groups -OCH3 is 3. The average molecular weight is 297 g/mol. The molecular formula is C15H23NO5. The molecule has 0 amide bonds. The first kappa shape index (κ1) is 15.9. The SMILES string of the molecule is COc1cc(OC)c(C(O)C2(CN)CCOC2)c(OC)c1. The van der Waals surface area contributed by atoms with Crippen LogP contribution in [-0.2, 0) is 4.74 Å². The molecule has 0 aromatic heterocycles. The van der Waals surface area contributed by atoms with E-state index in [1.165, 1.54) is 0 Å². The molecule has 0 aliphatic carbocycles. The third-order valence-electron chi connectivity index (χ3n) is 4.15. The fourth-order valence-corrected chi connectivity index (χ4v) is 2.72. The number of aliphatic hydroxyl groups excluding tert-OH is 1. The molecule has 2 unspecified atom stereocenters. The van der Waals surface area contributed by atoms with Crippen LogP contribution in [0.25, 0.3) is 0 Å². The van der Waals surface area contributed by atoms with E-state index in [1.807, 2.05) is 0 Å². The molecule has 0 spiro atoms. The lowest BCUT2D eigenvalue weighted by molar-refractivity contribution is 0.0160. The number of aliphatic hydroxyl groups is 1. The standard InChI is InChI=1S/C15H23NO5/c1-18-10-6-11(19-2)13(12(7-10)20-3)14(17)15(8-16)4-5-21-9-15/h6-7,14,17H,4-5,8-9,16H2,1-3H3. The number of benzene rings is 1. The van der Waals surface area contributed by atoms with Crippen molar-refractivity contribution in [2.24, 2.45) is 11.1 Å². The Labute approximate surface area is 124 Å². The second kappa shape index (κ2) is 6.51. The van der Waals surface area contributed by atoms with Gasteiger partial charge in [0, 0.05) is 30.7 Å². The van der Waals surface area contributed by atoms with Crippen molar-refractivity contribution < 1.29 is 24.1 Å². The molecule has 1 aliphatic rings. The highest BCUT2D eigenvalue weighted by molar-refractivity contribution is 5.52. The molecule has 1 heterocycles. The molecular weight excluding hydrogens is 274 g/mol. The minimum Gasteiger partial charge on any atom is -0.496 e. The molecule has 2 rings (SSSR count). The van der Waals surface area contributed by atoms with E-state index in [0.29, 0.717) is 49.0 Å². The summed E-state index contributed by atoms with van der Waals surface area (Å²) in [6, 6.07) is 3.45. The molecule has 0 saturated carbocycles. The van der Waals surface area contributed by atoms with Gasteiger partial charge < -0.3 is 29.8 Å². The fraction of sp³-hybridized carbons (Fsp3) is 0.600. The van der Waals surface area contributed by atoms with Crippen LogP contribution in [0.3, 0.4) is 0 Å². The Morgan fingerprint density at radius 2 is 1.86 bits per heavy atom. The summed E-state index contributed by atoms with van der Waals surface area (Å²) in [5.74, 6) is 1.63. The van der Waals surface area contributed by atoms with E-state index in [4.69, 9.17) is 24.7 Å². The molecule has 21 heavy (non-hydrogen) atoms. The molecule has 118 valence electrons.